The van der Waals surface area contributed by atoms with Crippen molar-refractivity contribution in [1.29, 1.82) is 0 Å². The molecule has 1 atom stereocenters. The third-order valence-electron chi connectivity index (χ3n) is 3.61. The fraction of sp³-hybridized carbons (Fsp3) is 0.235. The van der Waals surface area contributed by atoms with Gasteiger partial charge in [-0.25, -0.2) is 8.42 Å². The Kier molecular flexibility index (Phi) is 6.39. The molecule has 0 heterocycles. The Morgan fingerprint density at radius 3 is 2.38 bits per heavy atom. The van der Waals surface area contributed by atoms with E-state index in [9.17, 15) is 13.2 Å². The maximum absolute atomic E-state index is 12.7. The summed E-state index contributed by atoms with van der Waals surface area (Å²) in [5.41, 5.74) is 0.680. The van der Waals surface area contributed by atoms with Gasteiger partial charge in [0.05, 0.1) is 34.8 Å². The number of benzene rings is 2. The minimum absolute atomic E-state index is 0.190. The van der Waals surface area contributed by atoms with Gasteiger partial charge in [-0.15, -0.1) is 0 Å². The molecule has 2 rings (SSSR count). The lowest BCUT2D eigenvalue weighted by molar-refractivity contribution is -0.116. The molecule has 0 aliphatic carbocycles. The number of ether oxygens (including phenoxy) is 1. The molecule has 0 bridgehead atoms. The number of hydrogen-bond donors (Lipinski definition) is 1. The highest BCUT2D eigenvalue weighted by Crippen LogP contribution is 2.30. The minimum Gasteiger partial charge on any atom is -0.495 e. The molecule has 0 fully saturated rings. The Morgan fingerprint density at radius 1 is 1.15 bits per heavy atom. The van der Waals surface area contributed by atoms with Crippen LogP contribution in [0, 0.1) is 0 Å². The van der Waals surface area contributed by atoms with Gasteiger partial charge in [-0.3, -0.25) is 9.10 Å². The van der Waals surface area contributed by atoms with E-state index in [1.54, 1.807) is 24.3 Å². The second-order valence-corrected chi connectivity index (χ2v) is 8.20. The van der Waals surface area contributed by atoms with Crippen molar-refractivity contribution in [2.24, 2.45) is 0 Å². The first kappa shape index (κ1) is 20.4. The number of hydrogen-bond acceptors (Lipinski definition) is 4. The Bertz CT molecular complexity index is 919. The summed E-state index contributed by atoms with van der Waals surface area (Å²) in [6, 6.07) is 10.2. The maximum atomic E-state index is 12.7. The van der Waals surface area contributed by atoms with Crippen LogP contribution in [0.4, 0.5) is 11.4 Å². The smallest absolute Gasteiger partial charge is 0.248 e. The fourth-order valence-corrected chi connectivity index (χ4v) is 3.88. The van der Waals surface area contributed by atoms with Gasteiger partial charge in [0.1, 0.15) is 11.8 Å². The Morgan fingerprint density at radius 2 is 1.81 bits per heavy atom. The maximum Gasteiger partial charge on any atom is 0.248 e. The zero-order chi connectivity index (χ0) is 19.5. The van der Waals surface area contributed by atoms with Crippen LogP contribution in [0.2, 0.25) is 10.0 Å². The largest absolute Gasteiger partial charge is 0.495 e. The van der Waals surface area contributed by atoms with E-state index in [0.29, 0.717) is 11.4 Å². The molecule has 9 heteroatoms. The van der Waals surface area contributed by atoms with Crippen molar-refractivity contribution < 1.29 is 17.9 Å². The molecule has 1 unspecified atom stereocenters. The van der Waals surface area contributed by atoms with E-state index < -0.39 is 22.0 Å². The molecular weight excluding hydrogens is 399 g/mol. The molecule has 0 saturated carbocycles. The number of para-hydroxylation sites is 2. The quantitative estimate of drug-likeness (QED) is 0.776. The summed E-state index contributed by atoms with van der Waals surface area (Å²) in [6.07, 6.45) is 1.02. The summed E-state index contributed by atoms with van der Waals surface area (Å²) in [6.45, 7) is 1.48. The van der Waals surface area contributed by atoms with Crippen molar-refractivity contribution in [2.75, 3.05) is 23.0 Å². The van der Waals surface area contributed by atoms with E-state index in [4.69, 9.17) is 27.9 Å². The molecule has 2 aromatic carbocycles. The second kappa shape index (κ2) is 8.16. The first-order chi connectivity index (χ1) is 12.1. The van der Waals surface area contributed by atoms with Crippen LogP contribution in [0.5, 0.6) is 5.75 Å². The second-order valence-electron chi connectivity index (χ2n) is 5.52. The fourth-order valence-electron chi connectivity index (χ4n) is 2.42. The summed E-state index contributed by atoms with van der Waals surface area (Å²) in [5.74, 6) is -0.0560. The van der Waals surface area contributed by atoms with Crippen molar-refractivity contribution in [3.05, 3.63) is 52.5 Å². The predicted molar refractivity (Wildman–Crippen MR) is 105 cm³/mol. The van der Waals surface area contributed by atoms with Crippen LogP contribution in [-0.4, -0.2) is 33.7 Å². The molecule has 0 aliphatic rings. The molecule has 140 valence electrons. The van der Waals surface area contributed by atoms with Crippen molar-refractivity contribution in [2.45, 2.75) is 13.0 Å². The molecular formula is C17H18Cl2N2O4S. The number of carbonyl (C=O) groups is 1. The lowest BCUT2D eigenvalue weighted by Crippen LogP contribution is -2.45. The number of halogens is 2. The number of nitrogens with zero attached hydrogens (tertiary/aromatic N) is 1. The summed E-state index contributed by atoms with van der Waals surface area (Å²) in [7, 11) is -2.28. The van der Waals surface area contributed by atoms with Gasteiger partial charge in [-0.2, -0.15) is 0 Å². The minimum atomic E-state index is -3.76. The Balaban J connectivity index is 2.36. The molecule has 1 amide bonds. The monoisotopic (exact) mass is 416 g/mol. The van der Waals surface area contributed by atoms with E-state index in [1.165, 1.54) is 32.2 Å². The highest BCUT2D eigenvalue weighted by molar-refractivity contribution is 7.92. The van der Waals surface area contributed by atoms with Crippen LogP contribution in [0.25, 0.3) is 0 Å². The van der Waals surface area contributed by atoms with E-state index in [-0.39, 0.29) is 15.7 Å². The summed E-state index contributed by atoms with van der Waals surface area (Å²) < 4.78 is 30.8. The number of methoxy groups -OCH3 is 1. The third-order valence-corrected chi connectivity index (χ3v) is 5.59. The van der Waals surface area contributed by atoms with Gasteiger partial charge in [0.15, 0.2) is 0 Å². The molecule has 2 aromatic rings. The van der Waals surface area contributed by atoms with E-state index in [0.717, 1.165) is 10.6 Å². The van der Waals surface area contributed by atoms with Crippen molar-refractivity contribution in [1.82, 2.24) is 0 Å². The van der Waals surface area contributed by atoms with E-state index >= 15 is 0 Å². The number of sulfonamides is 1. The van der Waals surface area contributed by atoms with Gasteiger partial charge in [-0.1, -0.05) is 35.3 Å². The number of carbonyl (C=O) groups excluding carboxylic acids is 1. The van der Waals surface area contributed by atoms with Crippen LogP contribution in [0.1, 0.15) is 6.92 Å². The van der Waals surface area contributed by atoms with Crippen molar-refractivity contribution in [3.63, 3.8) is 0 Å². The average Bonchev–Trinajstić information content (AvgIpc) is 2.57. The number of nitrogens with one attached hydrogen (secondary N) is 1. The summed E-state index contributed by atoms with van der Waals surface area (Å²) in [5, 5.41) is 3.16. The van der Waals surface area contributed by atoms with Crippen molar-refractivity contribution >= 4 is 50.5 Å². The van der Waals surface area contributed by atoms with Crippen LogP contribution < -0.4 is 14.4 Å². The van der Waals surface area contributed by atoms with Gasteiger partial charge in [-0.05, 0) is 37.3 Å². The van der Waals surface area contributed by atoms with Crippen LogP contribution >= 0.6 is 23.2 Å². The van der Waals surface area contributed by atoms with E-state index in [2.05, 4.69) is 5.32 Å². The molecule has 1 N–H and O–H groups in total. The first-order valence-corrected chi connectivity index (χ1v) is 10.1. The zero-order valence-corrected chi connectivity index (χ0v) is 16.7. The van der Waals surface area contributed by atoms with Gasteiger partial charge < -0.3 is 10.1 Å². The van der Waals surface area contributed by atoms with Gasteiger partial charge in [0.25, 0.3) is 0 Å². The normalized spacial score (nSPS) is 12.3. The molecule has 0 aromatic heterocycles. The SMILES string of the molecule is COc1ccccc1NC(=O)C(C)N(c1ccc(Cl)c(Cl)c1)S(C)(=O)=O. The first-order valence-electron chi connectivity index (χ1n) is 7.53. The summed E-state index contributed by atoms with van der Waals surface area (Å²) >= 11 is 11.9. The molecule has 0 spiro atoms. The van der Waals surface area contributed by atoms with Crippen LogP contribution in [-0.2, 0) is 14.8 Å². The highest BCUT2D eigenvalue weighted by atomic mass is 35.5. The molecule has 6 nitrogen and oxygen atoms in total. The average molecular weight is 417 g/mol. The summed E-state index contributed by atoms with van der Waals surface area (Å²) in [4.78, 5) is 12.7. The van der Waals surface area contributed by atoms with Gasteiger partial charge in [0.2, 0.25) is 15.9 Å². The number of rotatable bonds is 6. The Labute approximate surface area is 162 Å². The zero-order valence-electron chi connectivity index (χ0n) is 14.4. The Hall–Kier alpha value is -1.96. The lowest BCUT2D eigenvalue weighted by atomic mass is 10.2. The molecule has 26 heavy (non-hydrogen) atoms. The molecule has 0 radical (unpaired) electrons. The third kappa shape index (κ3) is 4.60. The van der Waals surface area contributed by atoms with Gasteiger partial charge >= 0.3 is 0 Å². The predicted octanol–water partition coefficient (Wildman–Crippen LogP) is 3.80. The van der Waals surface area contributed by atoms with Gasteiger partial charge in [0, 0.05) is 0 Å². The number of anilines is 2. The van der Waals surface area contributed by atoms with Crippen LogP contribution in [0.3, 0.4) is 0 Å². The van der Waals surface area contributed by atoms with Crippen LogP contribution in [0.15, 0.2) is 42.5 Å². The van der Waals surface area contributed by atoms with Crippen molar-refractivity contribution in [3.8, 4) is 5.75 Å². The topological polar surface area (TPSA) is 75.7 Å². The number of amides is 1. The molecule has 0 saturated heterocycles. The highest BCUT2D eigenvalue weighted by Gasteiger charge is 2.30. The standard InChI is InChI=1S/C17H18Cl2N2O4S/c1-11(17(22)20-15-6-4-5-7-16(15)25-2)21(26(3,23)24)12-8-9-13(18)14(19)10-12/h4-11H,1-3H3,(H,20,22). The molecule has 0 aliphatic heterocycles. The lowest BCUT2D eigenvalue weighted by Gasteiger charge is -2.28. The van der Waals surface area contributed by atoms with E-state index in [1.807, 2.05) is 0 Å².